The van der Waals surface area contributed by atoms with E-state index < -0.39 is 24.7 Å². The summed E-state index contributed by atoms with van der Waals surface area (Å²) in [5.74, 6) is 0.399. The second kappa shape index (κ2) is 12.1. The molecule has 0 bridgehead atoms. The highest BCUT2D eigenvalue weighted by molar-refractivity contribution is 7.98. The lowest BCUT2D eigenvalue weighted by molar-refractivity contribution is -0.123. The molecule has 6 nitrogen and oxygen atoms in total. The van der Waals surface area contributed by atoms with Crippen molar-refractivity contribution in [2.75, 3.05) is 12.0 Å². The molecule has 3 rings (SSSR count). The van der Waals surface area contributed by atoms with E-state index in [0.717, 1.165) is 6.42 Å². The maximum Gasteiger partial charge on any atom is 0.481 e. The van der Waals surface area contributed by atoms with Crippen molar-refractivity contribution in [3.63, 3.8) is 0 Å². The number of halogens is 2. The largest absolute Gasteiger partial charge is 0.481 e. The van der Waals surface area contributed by atoms with Crippen molar-refractivity contribution in [2.45, 2.75) is 85.0 Å². The van der Waals surface area contributed by atoms with Crippen molar-refractivity contribution in [2.24, 2.45) is 23.2 Å². The lowest BCUT2D eigenvalue weighted by Gasteiger charge is -2.53. The molecule has 2 amide bonds. The summed E-state index contributed by atoms with van der Waals surface area (Å²) in [5, 5.41) is 6.66. The van der Waals surface area contributed by atoms with E-state index in [0.29, 0.717) is 29.0 Å². The smallest absolute Gasteiger partial charge is 0.404 e. The van der Waals surface area contributed by atoms with Crippen LogP contribution in [0.4, 0.5) is 0 Å². The van der Waals surface area contributed by atoms with Gasteiger partial charge in [-0.2, -0.15) is 11.8 Å². The number of nitrogens with one attached hydrogen (secondary N) is 2. The molecule has 2 N–H and O–H groups in total. The molecule has 1 aliphatic heterocycles. The van der Waals surface area contributed by atoms with E-state index in [1.165, 1.54) is 17.8 Å². The van der Waals surface area contributed by atoms with Gasteiger partial charge in [-0.15, -0.1) is 0 Å². The second-order valence-electron chi connectivity index (χ2n) is 11.8. The summed E-state index contributed by atoms with van der Waals surface area (Å²) in [4.78, 5) is 26.5. The number of hydrogen-bond donors (Lipinski definition) is 2. The fourth-order valence-corrected chi connectivity index (χ4v) is 6.52. The van der Waals surface area contributed by atoms with Gasteiger partial charge in [0.15, 0.2) is 0 Å². The van der Waals surface area contributed by atoms with Crippen LogP contribution in [-0.4, -0.2) is 54.6 Å². The Bertz CT molecular complexity index is 997. The first-order valence-corrected chi connectivity index (χ1v) is 15.2. The number of carbonyl (C=O) groups excluding carboxylic acids is 2. The van der Waals surface area contributed by atoms with Crippen LogP contribution in [0.3, 0.4) is 0 Å². The summed E-state index contributed by atoms with van der Waals surface area (Å²) in [7, 11) is -0.557. The van der Waals surface area contributed by atoms with Crippen LogP contribution in [0, 0.1) is 23.2 Å². The highest BCUT2D eigenvalue weighted by Gasteiger charge is 2.61. The van der Waals surface area contributed by atoms with Crippen LogP contribution in [0.5, 0.6) is 0 Å². The summed E-state index contributed by atoms with van der Waals surface area (Å²) in [6.07, 6.45) is 3.46. The van der Waals surface area contributed by atoms with Gasteiger partial charge in [0.2, 0.25) is 5.91 Å². The van der Waals surface area contributed by atoms with Gasteiger partial charge in [0, 0.05) is 10.8 Å². The second-order valence-corrected chi connectivity index (χ2v) is 13.6. The summed E-state index contributed by atoms with van der Waals surface area (Å²) in [5.41, 5.74) is -0.0936. The summed E-state index contributed by atoms with van der Waals surface area (Å²) < 4.78 is 13.2. The molecule has 206 valence electrons. The molecule has 10 heteroatoms. The minimum absolute atomic E-state index is 0.0336. The van der Waals surface area contributed by atoms with Crippen LogP contribution in [0.1, 0.15) is 71.7 Å². The van der Waals surface area contributed by atoms with E-state index in [2.05, 4.69) is 59.1 Å². The minimum atomic E-state index is -0.760. The number of fused-ring (bicyclic) bond motifs is 1. The molecule has 2 fully saturated rings. The van der Waals surface area contributed by atoms with Crippen molar-refractivity contribution in [1.29, 1.82) is 0 Å². The van der Waals surface area contributed by atoms with Gasteiger partial charge in [-0.3, -0.25) is 9.59 Å². The fourth-order valence-electron chi connectivity index (χ4n) is 5.58. The maximum absolute atomic E-state index is 13.5. The number of carbonyl (C=O) groups is 2. The average Bonchev–Trinajstić information content (AvgIpc) is 3.15. The standard InChI is InChI=1S/C27H41BCl2N2O4S/c1-15(2)11-23(28-35-22-12-16(3)26(5,6)17(4)27(22,7)36-28)32-25(34)21(14-37-8)31-24(33)19-13-18(29)9-10-20(19)30/h9-10,13,15-17,21-23H,11-12,14H2,1-8H3,(H,31,33)(H,32,34)/t16-,17-,21-,22+,23-,27-/m0/s1. The first-order chi connectivity index (χ1) is 17.2. The Kier molecular flexibility index (Phi) is 9.99. The Labute approximate surface area is 236 Å². The van der Waals surface area contributed by atoms with Gasteiger partial charge in [0.05, 0.1) is 28.2 Å². The van der Waals surface area contributed by atoms with Crippen molar-refractivity contribution in [1.82, 2.24) is 10.6 Å². The number of hydrogen-bond acceptors (Lipinski definition) is 5. The lowest BCUT2D eigenvalue weighted by atomic mass is 9.57. The predicted octanol–water partition coefficient (Wildman–Crippen LogP) is 5.89. The van der Waals surface area contributed by atoms with E-state index in [9.17, 15) is 9.59 Å². The third-order valence-corrected chi connectivity index (χ3v) is 9.86. The van der Waals surface area contributed by atoms with Gasteiger partial charge >= 0.3 is 7.12 Å². The van der Waals surface area contributed by atoms with Crippen LogP contribution in [0.25, 0.3) is 0 Å². The zero-order chi connectivity index (χ0) is 27.7. The van der Waals surface area contributed by atoms with Crippen LogP contribution < -0.4 is 10.6 Å². The van der Waals surface area contributed by atoms with Crippen molar-refractivity contribution >= 4 is 53.9 Å². The molecule has 6 atom stereocenters. The number of thioether (sulfide) groups is 1. The molecule has 0 aromatic heterocycles. The van der Waals surface area contributed by atoms with Crippen molar-refractivity contribution in [3.8, 4) is 0 Å². The molecular weight excluding hydrogens is 530 g/mol. The lowest BCUT2D eigenvalue weighted by Crippen LogP contribution is -2.57. The van der Waals surface area contributed by atoms with Crippen LogP contribution >= 0.6 is 35.0 Å². The Morgan fingerprint density at radius 1 is 1.19 bits per heavy atom. The molecule has 37 heavy (non-hydrogen) atoms. The molecule has 2 aliphatic rings. The van der Waals surface area contributed by atoms with E-state index in [-0.39, 0.29) is 39.9 Å². The van der Waals surface area contributed by atoms with Gasteiger partial charge in [-0.25, -0.2) is 0 Å². The number of amides is 2. The van der Waals surface area contributed by atoms with Crippen LogP contribution in [0.15, 0.2) is 18.2 Å². The molecule has 1 saturated carbocycles. The van der Waals surface area contributed by atoms with Gasteiger partial charge in [-0.1, -0.05) is 64.7 Å². The normalized spacial score (nSPS) is 28.5. The zero-order valence-electron chi connectivity index (χ0n) is 23.2. The van der Waals surface area contributed by atoms with E-state index in [4.69, 9.17) is 32.5 Å². The molecule has 1 saturated heterocycles. The quantitative estimate of drug-likeness (QED) is 0.362. The molecule has 1 heterocycles. The minimum Gasteiger partial charge on any atom is -0.404 e. The first-order valence-electron chi connectivity index (χ1n) is 13.1. The Morgan fingerprint density at radius 2 is 1.86 bits per heavy atom. The summed E-state index contributed by atoms with van der Waals surface area (Å²) >= 11 is 13.8. The fraction of sp³-hybridized carbons (Fsp3) is 0.704. The molecule has 0 unspecified atom stereocenters. The van der Waals surface area contributed by atoms with Crippen molar-refractivity contribution < 1.29 is 18.9 Å². The third-order valence-electron chi connectivity index (χ3n) is 8.63. The highest BCUT2D eigenvalue weighted by atomic mass is 35.5. The SMILES string of the molecule is CSC[C@H](NC(=O)c1cc(Cl)ccc1Cl)C(=O)N[C@@H](CC(C)C)B1O[C@@H]2C[C@H](C)C(C)(C)[C@H](C)[C@]2(C)O1. The topological polar surface area (TPSA) is 76.7 Å². The van der Waals surface area contributed by atoms with E-state index in [1.807, 2.05) is 6.26 Å². The third kappa shape index (κ3) is 6.63. The van der Waals surface area contributed by atoms with Gasteiger partial charge in [-0.05, 0) is 67.4 Å². The summed E-state index contributed by atoms with van der Waals surface area (Å²) in [6, 6.07) is 3.93. The molecular formula is C27H41BCl2N2O4S. The monoisotopic (exact) mass is 570 g/mol. The Morgan fingerprint density at radius 3 is 2.49 bits per heavy atom. The Balaban J connectivity index is 1.78. The maximum atomic E-state index is 13.5. The van der Waals surface area contributed by atoms with Gasteiger partial charge in [0.25, 0.3) is 5.91 Å². The molecule has 1 aromatic rings. The van der Waals surface area contributed by atoms with E-state index in [1.54, 1.807) is 12.1 Å². The number of rotatable bonds is 9. The molecule has 1 aliphatic carbocycles. The van der Waals surface area contributed by atoms with E-state index >= 15 is 0 Å². The van der Waals surface area contributed by atoms with Crippen LogP contribution in [0.2, 0.25) is 10.0 Å². The zero-order valence-corrected chi connectivity index (χ0v) is 25.5. The van der Waals surface area contributed by atoms with Crippen LogP contribution in [-0.2, 0) is 14.1 Å². The molecule has 0 radical (unpaired) electrons. The van der Waals surface area contributed by atoms with Gasteiger partial charge in [0.1, 0.15) is 6.04 Å². The van der Waals surface area contributed by atoms with Gasteiger partial charge < -0.3 is 19.9 Å². The number of benzene rings is 1. The highest BCUT2D eigenvalue weighted by Crippen LogP contribution is 2.54. The average molecular weight is 571 g/mol. The summed E-state index contributed by atoms with van der Waals surface area (Å²) in [6.45, 7) is 15.5. The molecule has 1 aromatic carbocycles. The Hall–Kier alpha value is -0.925. The molecule has 0 spiro atoms. The first kappa shape index (κ1) is 30.6. The van der Waals surface area contributed by atoms with Crippen molar-refractivity contribution in [3.05, 3.63) is 33.8 Å². The predicted molar refractivity (Wildman–Crippen MR) is 154 cm³/mol.